The normalized spacial score (nSPS) is 13.3. The molecule has 0 aliphatic carbocycles. The molecular formula is C15H21N3O4. The van der Waals surface area contributed by atoms with Crippen molar-refractivity contribution in [3.8, 4) is 0 Å². The molecule has 0 aliphatic heterocycles. The van der Waals surface area contributed by atoms with Crippen LogP contribution in [0.15, 0.2) is 30.3 Å². The molecular weight excluding hydrogens is 286 g/mol. The lowest BCUT2D eigenvalue weighted by Crippen LogP contribution is -2.46. The van der Waals surface area contributed by atoms with E-state index in [2.05, 4.69) is 10.6 Å². The van der Waals surface area contributed by atoms with Crippen LogP contribution in [-0.4, -0.2) is 54.5 Å². The Hall–Kier alpha value is -2.41. The van der Waals surface area contributed by atoms with Gasteiger partial charge in [-0.2, -0.15) is 0 Å². The van der Waals surface area contributed by atoms with Gasteiger partial charge >= 0.3 is 5.97 Å². The minimum atomic E-state index is -1.01. The fourth-order valence-corrected chi connectivity index (χ4v) is 1.85. The number of nitrogens with one attached hydrogen (secondary N) is 2. The zero-order valence-corrected chi connectivity index (χ0v) is 12.9. The first kappa shape index (κ1) is 17.6. The summed E-state index contributed by atoms with van der Waals surface area (Å²) in [6.45, 7) is 1.37. The fraction of sp³-hybridized carbons (Fsp3) is 0.400. The SMILES string of the molecule is CNC(=O)C(NC(=O)CN(C)C(C)C(=O)O)c1ccccc1. The molecule has 0 fully saturated rings. The Kier molecular flexibility index (Phi) is 6.52. The monoisotopic (exact) mass is 307 g/mol. The van der Waals surface area contributed by atoms with Gasteiger partial charge in [-0.05, 0) is 19.5 Å². The molecule has 2 unspecified atom stereocenters. The lowest BCUT2D eigenvalue weighted by atomic mass is 10.1. The number of amides is 2. The van der Waals surface area contributed by atoms with E-state index in [1.165, 1.54) is 25.9 Å². The van der Waals surface area contributed by atoms with Crippen LogP contribution in [0.4, 0.5) is 0 Å². The molecule has 0 spiro atoms. The van der Waals surface area contributed by atoms with E-state index < -0.39 is 24.0 Å². The first-order valence-electron chi connectivity index (χ1n) is 6.85. The van der Waals surface area contributed by atoms with Crippen LogP contribution in [0.25, 0.3) is 0 Å². The molecule has 1 rings (SSSR count). The van der Waals surface area contributed by atoms with Gasteiger partial charge in [0, 0.05) is 7.05 Å². The topological polar surface area (TPSA) is 98.7 Å². The molecule has 1 aromatic carbocycles. The summed E-state index contributed by atoms with van der Waals surface area (Å²) in [5, 5.41) is 14.0. The third-order valence-corrected chi connectivity index (χ3v) is 3.36. The van der Waals surface area contributed by atoms with Crippen LogP contribution >= 0.6 is 0 Å². The van der Waals surface area contributed by atoms with Gasteiger partial charge in [0.05, 0.1) is 6.54 Å². The molecule has 120 valence electrons. The number of nitrogens with zero attached hydrogens (tertiary/aromatic N) is 1. The maximum absolute atomic E-state index is 12.1. The van der Waals surface area contributed by atoms with Crippen LogP contribution in [-0.2, 0) is 14.4 Å². The van der Waals surface area contributed by atoms with E-state index in [0.29, 0.717) is 5.56 Å². The molecule has 0 saturated carbocycles. The van der Waals surface area contributed by atoms with E-state index in [-0.39, 0.29) is 12.5 Å². The van der Waals surface area contributed by atoms with Crippen molar-refractivity contribution in [3.63, 3.8) is 0 Å². The Morgan fingerprint density at radius 3 is 2.32 bits per heavy atom. The zero-order valence-electron chi connectivity index (χ0n) is 12.9. The number of rotatable bonds is 7. The van der Waals surface area contributed by atoms with Gasteiger partial charge in [-0.3, -0.25) is 19.3 Å². The molecule has 0 bridgehead atoms. The highest BCUT2D eigenvalue weighted by Crippen LogP contribution is 2.12. The first-order chi connectivity index (χ1) is 10.4. The molecule has 1 aromatic rings. The minimum Gasteiger partial charge on any atom is -0.480 e. The van der Waals surface area contributed by atoms with Crippen molar-refractivity contribution in [1.82, 2.24) is 15.5 Å². The molecule has 0 saturated heterocycles. The Labute approximate surface area is 129 Å². The molecule has 0 heterocycles. The molecule has 7 nitrogen and oxygen atoms in total. The van der Waals surface area contributed by atoms with Crippen LogP contribution in [0.2, 0.25) is 0 Å². The second-order valence-electron chi connectivity index (χ2n) is 4.95. The van der Waals surface area contributed by atoms with E-state index >= 15 is 0 Å². The van der Waals surface area contributed by atoms with Gasteiger partial charge in [0.1, 0.15) is 12.1 Å². The summed E-state index contributed by atoms with van der Waals surface area (Å²) < 4.78 is 0. The van der Waals surface area contributed by atoms with Crippen LogP contribution in [0.1, 0.15) is 18.5 Å². The summed E-state index contributed by atoms with van der Waals surface area (Å²) >= 11 is 0. The predicted octanol–water partition coefficient (Wildman–Crippen LogP) is -0.00520. The molecule has 0 aromatic heterocycles. The number of carboxylic acid groups (broad SMARTS) is 1. The number of hydrogen-bond acceptors (Lipinski definition) is 4. The van der Waals surface area contributed by atoms with Gasteiger partial charge in [0.25, 0.3) is 0 Å². The van der Waals surface area contributed by atoms with Gasteiger partial charge in [0.2, 0.25) is 11.8 Å². The number of carbonyl (C=O) groups is 3. The molecule has 0 aliphatic rings. The number of aliphatic carboxylic acids is 1. The van der Waals surface area contributed by atoms with Crippen molar-refractivity contribution in [1.29, 1.82) is 0 Å². The lowest BCUT2D eigenvalue weighted by molar-refractivity contribution is -0.142. The Bertz CT molecular complexity index is 533. The van der Waals surface area contributed by atoms with E-state index in [0.717, 1.165) is 0 Å². The molecule has 2 amide bonds. The highest BCUT2D eigenvalue weighted by molar-refractivity contribution is 5.89. The Morgan fingerprint density at radius 1 is 1.23 bits per heavy atom. The van der Waals surface area contributed by atoms with Gasteiger partial charge in [0.15, 0.2) is 0 Å². The summed E-state index contributed by atoms with van der Waals surface area (Å²) in [7, 11) is 3.03. The summed E-state index contributed by atoms with van der Waals surface area (Å²) in [5.41, 5.74) is 0.657. The number of benzene rings is 1. The quantitative estimate of drug-likeness (QED) is 0.658. The summed E-state index contributed by atoms with van der Waals surface area (Å²) in [6.07, 6.45) is 0. The Balaban J connectivity index is 2.76. The molecule has 3 N–H and O–H groups in total. The maximum Gasteiger partial charge on any atom is 0.320 e. The summed E-state index contributed by atoms with van der Waals surface area (Å²) in [4.78, 5) is 36.3. The summed E-state index contributed by atoms with van der Waals surface area (Å²) in [6, 6.07) is 7.24. The highest BCUT2D eigenvalue weighted by atomic mass is 16.4. The lowest BCUT2D eigenvalue weighted by Gasteiger charge is -2.23. The minimum absolute atomic E-state index is 0.117. The van der Waals surface area contributed by atoms with Gasteiger partial charge in [-0.25, -0.2) is 0 Å². The van der Waals surface area contributed by atoms with Crippen LogP contribution in [0, 0.1) is 0 Å². The van der Waals surface area contributed by atoms with Crippen molar-refractivity contribution >= 4 is 17.8 Å². The number of likely N-dealkylation sites (N-methyl/N-ethyl adjacent to an activating group) is 2. The van der Waals surface area contributed by atoms with Crippen LogP contribution < -0.4 is 10.6 Å². The van der Waals surface area contributed by atoms with Gasteiger partial charge < -0.3 is 15.7 Å². The third kappa shape index (κ3) is 4.85. The van der Waals surface area contributed by atoms with Crippen molar-refractivity contribution in [3.05, 3.63) is 35.9 Å². The molecule has 22 heavy (non-hydrogen) atoms. The third-order valence-electron chi connectivity index (χ3n) is 3.36. The van der Waals surface area contributed by atoms with Gasteiger partial charge in [-0.1, -0.05) is 30.3 Å². The van der Waals surface area contributed by atoms with E-state index in [9.17, 15) is 14.4 Å². The second-order valence-corrected chi connectivity index (χ2v) is 4.95. The Morgan fingerprint density at radius 2 is 1.82 bits per heavy atom. The van der Waals surface area contributed by atoms with E-state index in [1.807, 2.05) is 6.07 Å². The van der Waals surface area contributed by atoms with Gasteiger partial charge in [-0.15, -0.1) is 0 Å². The average Bonchev–Trinajstić information content (AvgIpc) is 2.51. The highest BCUT2D eigenvalue weighted by Gasteiger charge is 2.24. The number of hydrogen-bond donors (Lipinski definition) is 3. The van der Waals surface area contributed by atoms with Crippen LogP contribution in [0.5, 0.6) is 0 Å². The fourth-order valence-electron chi connectivity index (χ4n) is 1.85. The maximum atomic E-state index is 12.1. The van der Waals surface area contributed by atoms with Crippen molar-refractivity contribution in [2.45, 2.75) is 19.0 Å². The smallest absolute Gasteiger partial charge is 0.320 e. The average molecular weight is 307 g/mol. The molecule has 7 heteroatoms. The number of carbonyl (C=O) groups excluding carboxylic acids is 2. The summed E-state index contributed by atoms with van der Waals surface area (Å²) in [5.74, 6) is -1.78. The van der Waals surface area contributed by atoms with Crippen molar-refractivity contribution in [2.24, 2.45) is 0 Å². The molecule has 0 radical (unpaired) electrons. The second kappa shape index (κ2) is 8.14. The van der Waals surface area contributed by atoms with Crippen LogP contribution in [0.3, 0.4) is 0 Å². The zero-order chi connectivity index (χ0) is 16.7. The standard InChI is InChI=1S/C15H21N3O4/c1-10(15(21)22)18(3)9-12(19)17-13(14(20)16-2)11-7-5-4-6-8-11/h4-8,10,13H,9H2,1-3H3,(H,16,20)(H,17,19)(H,21,22). The van der Waals surface area contributed by atoms with Crippen molar-refractivity contribution < 1.29 is 19.5 Å². The van der Waals surface area contributed by atoms with E-state index in [1.54, 1.807) is 24.3 Å². The van der Waals surface area contributed by atoms with E-state index in [4.69, 9.17) is 5.11 Å². The largest absolute Gasteiger partial charge is 0.480 e. The predicted molar refractivity (Wildman–Crippen MR) is 81.1 cm³/mol. The van der Waals surface area contributed by atoms with Crippen molar-refractivity contribution in [2.75, 3.05) is 20.6 Å². The molecule has 2 atom stereocenters. The number of carboxylic acids is 1. The first-order valence-corrected chi connectivity index (χ1v) is 6.85.